The Labute approximate surface area is 178 Å². The summed E-state index contributed by atoms with van der Waals surface area (Å²) in [6.45, 7) is 3.84. The number of hydrogen-bond acceptors (Lipinski definition) is 5. The van der Waals surface area contributed by atoms with E-state index in [0.717, 1.165) is 49.5 Å². The number of nitrogens with one attached hydrogen (secondary N) is 1. The second-order valence-corrected chi connectivity index (χ2v) is 7.73. The number of ether oxygens (including phenoxy) is 2. The van der Waals surface area contributed by atoms with E-state index in [1.54, 1.807) is 7.11 Å². The first-order valence-corrected chi connectivity index (χ1v) is 10.6. The molecule has 0 radical (unpaired) electrons. The largest absolute Gasteiger partial charge is 0.497 e. The van der Waals surface area contributed by atoms with Gasteiger partial charge in [0.2, 0.25) is 5.91 Å². The first-order chi connectivity index (χ1) is 14.6. The van der Waals surface area contributed by atoms with Gasteiger partial charge in [-0.05, 0) is 54.7 Å². The number of likely N-dealkylation sites (tertiary alicyclic amines) is 1. The summed E-state index contributed by atoms with van der Waals surface area (Å²) in [6, 6.07) is 15.8. The maximum absolute atomic E-state index is 12.1. The van der Waals surface area contributed by atoms with Gasteiger partial charge in [-0.15, -0.1) is 0 Å². The van der Waals surface area contributed by atoms with Crippen LogP contribution in [0, 0.1) is 0 Å². The van der Waals surface area contributed by atoms with E-state index >= 15 is 0 Å². The molecule has 3 rings (SSSR count). The normalized spacial score (nSPS) is 15.0. The number of carbonyl (C=O) groups is 1. The van der Waals surface area contributed by atoms with E-state index in [2.05, 4.69) is 34.5 Å². The maximum Gasteiger partial charge on any atom is 0.220 e. The molecular weight excluding hydrogens is 380 g/mol. The Hall–Kier alpha value is -2.57. The van der Waals surface area contributed by atoms with Gasteiger partial charge in [-0.2, -0.15) is 0 Å². The predicted octanol–water partition coefficient (Wildman–Crippen LogP) is 3.13. The first-order valence-electron chi connectivity index (χ1n) is 10.6. The van der Waals surface area contributed by atoms with Crippen LogP contribution in [0.2, 0.25) is 0 Å². The highest BCUT2D eigenvalue weighted by Gasteiger charge is 2.16. The summed E-state index contributed by atoms with van der Waals surface area (Å²) in [7, 11) is 1.63. The SMILES string of the molecule is COc1ccc(OCCCC(=O)NCc2ccc(CN3CCC(O)CC3)cc2)cc1. The van der Waals surface area contributed by atoms with Crippen molar-refractivity contribution < 1.29 is 19.4 Å². The van der Waals surface area contributed by atoms with Gasteiger partial charge < -0.3 is 19.9 Å². The average molecular weight is 413 g/mol. The van der Waals surface area contributed by atoms with Crippen LogP contribution in [0.5, 0.6) is 11.5 Å². The molecule has 1 saturated heterocycles. The zero-order valence-corrected chi connectivity index (χ0v) is 17.7. The molecule has 0 bridgehead atoms. The number of aliphatic hydroxyl groups is 1. The Morgan fingerprint density at radius 2 is 1.67 bits per heavy atom. The highest BCUT2D eigenvalue weighted by Crippen LogP contribution is 2.17. The molecule has 30 heavy (non-hydrogen) atoms. The smallest absolute Gasteiger partial charge is 0.220 e. The van der Waals surface area contributed by atoms with Crippen LogP contribution in [-0.4, -0.2) is 48.8 Å². The molecule has 1 aliphatic heterocycles. The second kappa shape index (κ2) is 11.6. The molecule has 1 amide bonds. The third-order valence-electron chi connectivity index (χ3n) is 5.35. The topological polar surface area (TPSA) is 71.0 Å². The van der Waals surface area contributed by atoms with E-state index in [1.165, 1.54) is 5.56 Å². The van der Waals surface area contributed by atoms with Crippen molar-refractivity contribution in [1.82, 2.24) is 10.2 Å². The van der Waals surface area contributed by atoms with Gasteiger partial charge in [0.15, 0.2) is 0 Å². The van der Waals surface area contributed by atoms with Crippen LogP contribution < -0.4 is 14.8 Å². The molecule has 2 aromatic carbocycles. The van der Waals surface area contributed by atoms with E-state index in [-0.39, 0.29) is 12.0 Å². The average Bonchev–Trinajstić information content (AvgIpc) is 2.78. The lowest BCUT2D eigenvalue weighted by molar-refractivity contribution is -0.121. The maximum atomic E-state index is 12.1. The molecule has 0 spiro atoms. The molecule has 0 unspecified atom stereocenters. The third-order valence-corrected chi connectivity index (χ3v) is 5.35. The summed E-state index contributed by atoms with van der Waals surface area (Å²) < 4.78 is 10.8. The Kier molecular flexibility index (Phi) is 8.53. The van der Waals surface area contributed by atoms with Gasteiger partial charge in [-0.3, -0.25) is 9.69 Å². The molecule has 0 aromatic heterocycles. The van der Waals surface area contributed by atoms with Crippen molar-refractivity contribution in [3.05, 3.63) is 59.7 Å². The van der Waals surface area contributed by atoms with Crippen molar-refractivity contribution in [2.75, 3.05) is 26.8 Å². The Bertz CT molecular complexity index is 769. The first kappa shape index (κ1) is 22.1. The number of carbonyl (C=O) groups excluding carboxylic acids is 1. The number of methoxy groups -OCH3 is 1. The van der Waals surface area contributed by atoms with Crippen LogP contribution in [0.15, 0.2) is 48.5 Å². The quantitative estimate of drug-likeness (QED) is 0.587. The molecule has 0 aliphatic carbocycles. The number of aliphatic hydroxyl groups excluding tert-OH is 1. The minimum atomic E-state index is -0.138. The fraction of sp³-hybridized carbons (Fsp3) is 0.458. The number of benzene rings is 2. The van der Waals surface area contributed by atoms with Crippen LogP contribution in [0.1, 0.15) is 36.8 Å². The standard InChI is InChI=1S/C24H32N2O4/c1-29-22-8-10-23(11-9-22)30-16-2-3-24(28)25-17-19-4-6-20(7-5-19)18-26-14-12-21(27)13-15-26/h4-11,21,27H,2-3,12-18H2,1H3,(H,25,28). The number of amides is 1. The molecule has 0 atom stereocenters. The van der Waals surface area contributed by atoms with E-state index < -0.39 is 0 Å². The molecule has 2 aromatic rings. The van der Waals surface area contributed by atoms with Crippen molar-refractivity contribution in [2.24, 2.45) is 0 Å². The van der Waals surface area contributed by atoms with Gasteiger partial charge in [0, 0.05) is 32.6 Å². The molecule has 6 heteroatoms. The Balaban J connectivity index is 1.30. The van der Waals surface area contributed by atoms with Crippen molar-refractivity contribution in [1.29, 1.82) is 0 Å². The Morgan fingerprint density at radius 3 is 2.33 bits per heavy atom. The summed E-state index contributed by atoms with van der Waals surface area (Å²) in [6.07, 6.45) is 2.68. The van der Waals surface area contributed by atoms with Gasteiger partial charge >= 0.3 is 0 Å². The van der Waals surface area contributed by atoms with Crippen LogP contribution in [-0.2, 0) is 17.9 Å². The highest BCUT2D eigenvalue weighted by atomic mass is 16.5. The highest BCUT2D eigenvalue weighted by molar-refractivity contribution is 5.75. The molecular formula is C24H32N2O4. The zero-order chi connectivity index (χ0) is 21.2. The van der Waals surface area contributed by atoms with Gasteiger partial charge in [0.05, 0.1) is 19.8 Å². The lowest BCUT2D eigenvalue weighted by Crippen LogP contribution is -2.35. The summed E-state index contributed by atoms with van der Waals surface area (Å²) in [5.41, 5.74) is 2.35. The van der Waals surface area contributed by atoms with Gasteiger partial charge in [-0.25, -0.2) is 0 Å². The van der Waals surface area contributed by atoms with Gasteiger partial charge in [0.1, 0.15) is 11.5 Å². The van der Waals surface area contributed by atoms with E-state index in [4.69, 9.17) is 9.47 Å². The summed E-state index contributed by atoms with van der Waals surface area (Å²) in [4.78, 5) is 14.4. The van der Waals surface area contributed by atoms with Crippen LogP contribution in [0.3, 0.4) is 0 Å². The molecule has 2 N–H and O–H groups in total. The monoisotopic (exact) mass is 412 g/mol. The molecule has 0 saturated carbocycles. The number of rotatable bonds is 10. The molecule has 1 heterocycles. The van der Waals surface area contributed by atoms with E-state index in [1.807, 2.05) is 24.3 Å². The predicted molar refractivity (Wildman–Crippen MR) is 117 cm³/mol. The number of hydrogen-bond donors (Lipinski definition) is 2. The third kappa shape index (κ3) is 7.35. The van der Waals surface area contributed by atoms with E-state index in [9.17, 15) is 9.90 Å². The van der Waals surface area contributed by atoms with Crippen molar-refractivity contribution in [2.45, 2.75) is 44.9 Å². The number of nitrogens with zero attached hydrogens (tertiary/aromatic N) is 1. The van der Waals surface area contributed by atoms with Crippen LogP contribution in [0.25, 0.3) is 0 Å². The minimum Gasteiger partial charge on any atom is -0.497 e. The van der Waals surface area contributed by atoms with Gasteiger partial charge in [0.25, 0.3) is 0 Å². The summed E-state index contributed by atoms with van der Waals surface area (Å²) in [5.74, 6) is 1.60. The minimum absolute atomic E-state index is 0.0317. The molecule has 1 fully saturated rings. The molecule has 1 aliphatic rings. The Morgan fingerprint density at radius 1 is 1.03 bits per heavy atom. The zero-order valence-electron chi connectivity index (χ0n) is 17.7. The molecule has 6 nitrogen and oxygen atoms in total. The van der Waals surface area contributed by atoms with Crippen LogP contribution in [0.4, 0.5) is 0 Å². The fourth-order valence-corrected chi connectivity index (χ4v) is 3.48. The lowest BCUT2D eigenvalue weighted by Gasteiger charge is -2.29. The summed E-state index contributed by atoms with van der Waals surface area (Å²) in [5, 5.41) is 12.6. The number of piperidine rings is 1. The fourth-order valence-electron chi connectivity index (χ4n) is 3.48. The summed E-state index contributed by atoms with van der Waals surface area (Å²) >= 11 is 0. The lowest BCUT2D eigenvalue weighted by atomic mass is 10.1. The van der Waals surface area contributed by atoms with Crippen LogP contribution >= 0.6 is 0 Å². The van der Waals surface area contributed by atoms with Crippen molar-refractivity contribution in [3.63, 3.8) is 0 Å². The van der Waals surface area contributed by atoms with E-state index in [0.29, 0.717) is 26.0 Å². The van der Waals surface area contributed by atoms with Crippen molar-refractivity contribution in [3.8, 4) is 11.5 Å². The van der Waals surface area contributed by atoms with Gasteiger partial charge in [-0.1, -0.05) is 24.3 Å². The second-order valence-electron chi connectivity index (χ2n) is 7.73. The molecule has 162 valence electrons. The van der Waals surface area contributed by atoms with Crippen molar-refractivity contribution >= 4 is 5.91 Å².